The number of carbonyl (C=O) groups is 1. The maximum atomic E-state index is 12.5. The maximum absolute atomic E-state index is 12.5. The van der Waals surface area contributed by atoms with E-state index in [1.165, 1.54) is 50.3 Å². The van der Waals surface area contributed by atoms with Crippen molar-refractivity contribution in [2.45, 2.75) is 62.9 Å². The van der Waals surface area contributed by atoms with Crippen LogP contribution in [0.15, 0.2) is 48.6 Å². The average molecular weight is 550 g/mol. The van der Waals surface area contributed by atoms with E-state index in [2.05, 4.69) is 29.2 Å². The van der Waals surface area contributed by atoms with Crippen molar-refractivity contribution in [2.75, 3.05) is 38.8 Å². The number of carbonyl (C=O) groups excluding carboxylic acids is 1. The first-order valence-corrected chi connectivity index (χ1v) is 15.0. The van der Waals surface area contributed by atoms with E-state index in [1.807, 2.05) is 31.4 Å². The molecule has 1 saturated carbocycles. The number of methoxy groups -OCH3 is 2. The smallest absolute Gasteiger partial charge is 0.337 e. The molecular weight excluding hydrogens is 510 g/mol. The number of hydrogen-bond donors (Lipinski definition) is 0. The minimum Gasteiger partial charge on any atom is -0.490 e. The van der Waals surface area contributed by atoms with E-state index < -0.39 is 0 Å². The number of nitrogens with zero attached hydrogens (tertiary/aromatic N) is 1. The fourth-order valence-electron chi connectivity index (χ4n) is 7.68. The van der Waals surface area contributed by atoms with E-state index in [4.69, 9.17) is 25.8 Å². The van der Waals surface area contributed by atoms with E-state index in [1.54, 1.807) is 0 Å². The molecule has 0 bridgehead atoms. The molecule has 3 aliphatic carbocycles. The Bertz CT molecular complexity index is 1240. The highest BCUT2D eigenvalue weighted by molar-refractivity contribution is 6.30. The molecule has 6 rings (SSSR count). The van der Waals surface area contributed by atoms with E-state index in [-0.39, 0.29) is 17.5 Å². The predicted molar refractivity (Wildman–Crippen MR) is 155 cm³/mol. The van der Waals surface area contributed by atoms with E-state index in [9.17, 15) is 4.79 Å². The van der Waals surface area contributed by atoms with Crippen molar-refractivity contribution in [2.24, 2.45) is 17.8 Å². The number of rotatable bonds is 6. The normalized spacial score (nSPS) is 28.5. The average Bonchev–Trinajstić information content (AvgIpc) is 3.10. The Morgan fingerprint density at radius 1 is 1.15 bits per heavy atom. The molecule has 2 aromatic carbocycles. The first-order valence-electron chi connectivity index (χ1n) is 14.6. The van der Waals surface area contributed by atoms with Gasteiger partial charge in [0.25, 0.3) is 0 Å². The van der Waals surface area contributed by atoms with Gasteiger partial charge in [0.1, 0.15) is 5.75 Å². The van der Waals surface area contributed by atoms with Crippen LogP contribution in [0.2, 0.25) is 5.02 Å². The van der Waals surface area contributed by atoms with Crippen molar-refractivity contribution in [3.05, 3.63) is 70.3 Å². The van der Waals surface area contributed by atoms with Crippen molar-refractivity contribution in [3.63, 3.8) is 0 Å². The van der Waals surface area contributed by atoms with Crippen LogP contribution < -0.4 is 9.64 Å². The highest BCUT2D eigenvalue weighted by atomic mass is 35.5. The van der Waals surface area contributed by atoms with Crippen LogP contribution in [0.3, 0.4) is 0 Å². The molecule has 0 amide bonds. The van der Waals surface area contributed by atoms with Crippen LogP contribution in [0.25, 0.3) is 0 Å². The third-order valence-electron chi connectivity index (χ3n) is 9.80. The summed E-state index contributed by atoms with van der Waals surface area (Å²) < 4.78 is 17.8. The van der Waals surface area contributed by atoms with Gasteiger partial charge < -0.3 is 19.1 Å². The standard InChI is InChI=1S/C33H40ClNO4/c1-37-31(22-7-4-3-5-8-22)27-13-10-25(27)19-35-20-33(16-6-9-23-17-26(34)12-14-28(23)33)21-39-30-15-11-24(18-29(30)35)32(36)38-2/h4,7,11-12,14-15,17-18,22,25,27,31H,3,5-6,8-10,13,16,19-21H2,1-2H3/t22-,25+,27-,31-,33?/m1/s1. The quantitative estimate of drug-likeness (QED) is 0.287. The van der Waals surface area contributed by atoms with E-state index >= 15 is 0 Å². The first kappa shape index (κ1) is 26.7. The summed E-state index contributed by atoms with van der Waals surface area (Å²) in [6.07, 6.45) is 14.3. The molecule has 0 radical (unpaired) electrons. The zero-order valence-electron chi connectivity index (χ0n) is 23.2. The summed E-state index contributed by atoms with van der Waals surface area (Å²) in [6, 6.07) is 12.1. The van der Waals surface area contributed by atoms with Crippen LogP contribution in [0.5, 0.6) is 5.75 Å². The molecule has 1 spiro atoms. The van der Waals surface area contributed by atoms with Crippen molar-refractivity contribution >= 4 is 23.3 Å². The van der Waals surface area contributed by atoms with Crippen molar-refractivity contribution in [1.29, 1.82) is 0 Å². The lowest BCUT2D eigenvalue weighted by molar-refractivity contribution is -0.0426. The predicted octanol–water partition coefficient (Wildman–Crippen LogP) is 7.00. The number of allylic oxidation sites excluding steroid dienone is 1. The van der Waals surface area contributed by atoms with Gasteiger partial charge in [-0.2, -0.15) is 0 Å². The Balaban J connectivity index is 1.35. The second-order valence-electron chi connectivity index (χ2n) is 12.0. The number of hydrogen-bond acceptors (Lipinski definition) is 5. The van der Waals surface area contributed by atoms with Crippen LogP contribution in [-0.4, -0.2) is 46.0 Å². The number of ether oxygens (including phenoxy) is 3. The number of benzene rings is 2. The molecule has 2 aromatic rings. The number of esters is 1. The molecule has 1 unspecified atom stereocenters. The molecule has 5 atom stereocenters. The fraction of sp³-hybridized carbons (Fsp3) is 0.545. The SMILES string of the molecule is COC(=O)c1ccc2c(c1)N(C[C@@H]1CC[C@H]1[C@H](OC)[C@@H]1C=CCCC1)CC1(CCCc3cc(Cl)ccc31)CO2. The zero-order valence-corrected chi connectivity index (χ0v) is 23.9. The topological polar surface area (TPSA) is 48.0 Å². The molecule has 5 nitrogen and oxygen atoms in total. The largest absolute Gasteiger partial charge is 0.490 e. The lowest BCUT2D eigenvalue weighted by atomic mass is 9.66. The monoisotopic (exact) mass is 549 g/mol. The summed E-state index contributed by atoms with van der Waals surface area (Å²) in [4.78, 5) is 15.0. The van der Waals surface area contributed by atoms with Crippen LogP contribution in [0.4, 0.5) is 5.69 Å². The number of fused-ring (bicyclic) bond motifs is 3. The molecule has 208 valence electrons. The number of halogens is 1. The van der Waals surface area contributed by atoms with E-state index in [0.717, 1.165) is 48.8 Å². The van der Waals surface area contributed by atoms with Crippen LogP contribution in [-0.2, 0) is 21.3 Å². The fourth-order valence-corrected chi connectivity index (χ4v) is 7.87. The zero-order chi connectivity index (χ0) is 27.0. The number of anilines is 1. The summed E-state index contributed by atoms with van der Waals surface area (Å²) in [6.45, 7) is 2.39. The molecule has 0 N–H and O–H groups in total. The summed E-state index contributed by atoms with van der Waals surface area (Å²) >= 11 is 6.42. The molecule has 6 heteroatoms. The van der Waals surface area contributed by atoms with Crippen molar-refractivity contribution in [1.82, 2.24) is 0 Å². The van der Waals surface area contributed by atoms with Crippen LogP contribution in [0, 0.1) is 17.8 Å². The van der Waals surface area contributed by atoms with Gasteiger partial charge in [0.2, 0.25) is 0 Å². The lowest BCUT2D eigenvalue weighted by Gasteiger charge is -2.47. The van der Waals surface area contributed by atoms with Gasteiger partial charge in [0.15, 0.2) is 0 Å². The number of aryl methyl sites for hydroxylation is 1. The maximum Gasteiger partial charge on any atom is 0.337 e. The Morgan fingerprint density at radius 2 is 2.05 bits per heavy atom. The summed E-state index contributed by atoms with van der Waals surface area (Å²) in [7, 11) is 3.32. The third kappa shape index (κ3) is 5.09. The summed E-state index contributed by atoms with van der Waals surface area (Å²) in [5.41, 5.74) is 4.12. The minimum atomic E-state index is -0.320. The van der Waals surface area contributed by atoms with Gasteiger partial charge in [-0.25, -0.2) is 4.79 Å². The van der Waals surface area contributed by atoms with Gasteiger partial charge >= 0.3 is 5.97 Å². The molecule has 39 heavy (non-hydrogen) atoms. The molecule has 0 aromatic heterocycles. The highest BCUT2D eigenvalue weighted by Gasteiger charge is 2.45. The summed E-state index contributed by atoms with van der Waals surface area (Å²) in [5.74, 6) is 2.09. The Morgan fingerprint density at radius 3 is 2.79 bits per heavy atom. The first-order chi connectivity index (χ1) is 19.0. The Hall–Kier alpha value is -2.50. The van der Waals surface area contributed by atoms with Crippen LogP contribution in [0.1, 0.15) is 66.4 Å². The molecule has 1 fully saturated rings. The van der Waals surface area contributed by atoms with Crippen molar-refractivity contribution < 1.29 is 19.0 Å². The Kier molecular flexibility index (Phi) is 7.65. The molecule has 1 heterocycles. The van der Waals surface area contributed by atoms with Gasteiger partial charge in [-0.3, -0.25) is 0 Å². The van der Waals surface area contributed by atoms with Crippen molar-refractivity contribution in [3.8, 4) is 5.75 Å². The van der Waals surface area contributed by atoms with Gasteiger partial charge in [-0.1, -0.05) is 29.8 Å². The summed E-state index contributed by atoms with van der Waals surface area (Å²) in [5, 5.41) is 0.794. The van der Waals surface area contributed by atoms with Gasteiger partial charge in [0, 0.05) is 36.6 Å². The third-order valence-corrected chi connectivity index (χ3v) is 10.0. The highest BCUT2D eigenvalue weighted by Crippen LogP contribution is 2.48. The van der Waals surface area contributed by atoms with E-state index in [0.29, 0.717) is 29.9 Å². The minimum absolute atomic E-state index is 0.130. The molecule has 4 aliphatic rings. The van der Waals surface area contributed by atoms with Gasteiger partial charge in [0.05, 0.1) is 31.1 Å². The van der Waals surface area contributed by atoms with Gasteiger partial charge in [-0.15, -0.1) is 0 Å². The molecule has 0 saturated heterocycles. The van der Waals surface area contributed by atoms with Gasteiger partial charge in [-0.05, 0) is 105 Å². The van der Waals surface area contributed by atoms with Crippen LogP contribution >= 0.6 is 11.6 Å². The second kappa shape index (κ2) is 11.2. The molecular formula is C33H40ClNO4. The lowest BCUT2D eigenvalue weighted by Crippen LogP contribution is -2.50. The second-order valence-corrected chi connectivity index (χ2v) is 12.4. The Labute approximate surface area is 237 Å². The molecule has 1 aliphatic heterocycles.